The maximum Gasteiger partial charge on any atom is 0.0862 e. The van der Waals surface area contributed by atoms with Gasteiger partial charge < -0.3 is 5.11 Å². The molecule has 2 fully saturated rings. The normalized spacial score (nSPS) is 29.9. The first-order valence-corrected chi connectivity index (χ1v) is 5.32. The molecule has 0 aromatic rings. The van der Waals surface area contributed by atoms with E-state index in [1.807, 2.05) is 6.92 Å². The number of nitriles is 1. The summed E-state index contributed by atoms with van der Waals surface area (Å²) in [5.41, 5.74) is -1.05. The zero-order valence-electron chi connectivity index (χ0n) is 8.21. The lowest BCUT2D eigenvalue weighted by molar-refractivity contribution is -0.113. The van der Waals surface area contributed by atoms with Gasteiger partial charge in [0.25, 0.3) is 0 Å². The third-order valence-corrected chi connectivity index (χ3v) is 4.04. The lowest BCUT2D eigenvalue weighted by Gasteiger charge is -2.48. The molecule has 0 bridgehead atoms. The van der Waals surface area contributed by atoms with Crippen molar-refractivity contribution in [1.82, 2.24) is 0 Å². The highest BCUT2D eigenvalue weighted by atomic mass is 16.3. The van der Waals surface area contributed by atoms with Crippen molar-refractivity contribution in [3.05, 3.63) is 0 Å². The van der Waals surface area contributed by atoms with E-state index in [1.54, 1.807) is 0 Å². The average molecular weight is 179 g/mol. The van der Waals surface area contributed by atoms with Gasteiger partial charge in [0.15, 0.2) is 0 Å². The van der Waals surface area contributed by atoms with E-state index in [-0.39, 0.29) is 5.41 Å². The number of rotatable bonds is 3. The predicted octanol–water partition coefficient (Wildman–Crippen LogP) is 2.23. The van der Waals surface area contributed by atoms with Crippen LogP contribution in [0.2, 0.25) is 0 Å². The molecule has 0 aliphatic heterocycles. The summed E-state index contributed by atoms with van der Waals surface area (Å²) in [6.45, 7) is 2.01. The molecule has 0 heterocycles. The van der Waals surface area contributed by atoms with Crippen LogP contribution in [0.1, 0.15) is 45.4 Å². The molecular weight excluding hydrogens is 162 g/mol. The van der Waals surface area contributed by atoms with Crippen molar-refractivity contribution in [2.45, 2.75) is 51.0 Å². The van der Waals surface area contributed by atoms with Crippen LogP contribution in [0.3, 0.4) is 0 Å². The van der Waals surface area contributed by atoms with Crippen LogP contribution in [0.4, 0.5) is 0 Å². The van der Waals surface area contributed by atoms with E-state index in [0.29, 0.717) is 5.92 Å². The molecule has 2 saturated carbocycles. The Morgan fingerprint density at radius 2 is 2.15 bits per heavy atom. The summed E-state index contributed by atoms with van der Waals surface area (Å²) in [4.78, 5) is 0. The molecule has 0 spiro atoms. The van der Waals surface area contributed by atoms with Crippen LogP contribution in [-0.2, 0) is 0 Å². The Labute approximate surface area is 79.6 Å². The van der Waals surface area contributed by atoms with Crippen molar-refractivity contribution in [3.63, 3.8) is 0 Å². The van der Waals surface area contributed by atoms with Gasteiger partial charge in [0.2, 0.25) is 0 Å². The molecule has 13 heavy (non-hydrogen) atoms. The van der Waals surface area contributed by atoms with Crippen LogP contribution in [0.5, 0.6) is 0 Å². The molecule has 0 aromatic heterocycles. The van der Waals surface area contributed by atoms with E-state index in [4.69, 9.17) is 5.26 Å². The van der Waals surface area contributed by atoms with Crippen LogP contribution >= 0.6 is 0 Å². The molecule has 1 atom stereocenters. The van der Waals surface area contributed by atoms with Gasteiger partial charge in [0.1, 0.15) is 0 Å². The second-order valence-corrected chi connectivity index (χ2v) is 4.60. The zero-order valence-corrected chi connectivity index (χ0v) is 8.21. The fourth-order valence-corrected chi connectivity index (χ4v) is 2.75. The van der Waals surface area contributed by atoms with Gasteiger partial charge in [-0.3, -0.25) is 0 Å². The Hall–Kier alpha value is -0.550. The largest absolute Gasteiger partial charge is 0.388 e. The molecule has 0 radical (unpaired) electrons. The van der Waals surface area contributed by atoms with E-state index >= 15 is 0 Å². The van der Waals surface area contributed by atoms with Crippen molar-refractivity contribution in [2.75, 3.05) is 0 Å². The molecule has 0 amide bonds. The first-order chi connectivity index (χ1) is 6.18. The molecule has 2 aliphatic rings. The van der Waals surface area contributed by atoms with Crippen molar-refractivity contribution >= 4 is 0 Å². The van der Waals surface area contributed by atoms with Crippen LogP contribution in [0, 0.1) is 22.7 Å². The maximum atomic E-state index is 10.5. The lowest BCUT2D eigenvalue weighted by Crippen LogP contribution is -2.53. The SMILES string of the molecule is CCC(O)(C1CC1)C1(C#N)CCC1. The Morgan fingerprint density at radius 1 is 1.54 bits per heavy atom. The van der Waals surface area contributed by atoms with Gasteiger partial charge in [-0.1, -0.05) is 13.3 Å². The van der Waals surface area contributed by atoms with Gasteiger partial charge in [-0.05, 0) is 38.0 Å². The second-order valence-electron chi connectivity index (χ2n) is 4.60. The second kappa shape index (κ2) is 2.72. The summed E-state index contributed by atoms with van der Waals surface area (Å²) in [7, 11) is 0. The molecule has 2 aliphatic carbocycles. The van der Waals surface area contributed by atoms with Crippen LogP contribution in [0.15, 0.2) is 0 Å². The third kappa shape index (κ3) is 1.03. The number of nitrogens with zero attached hydrogens (tertiary/aromatic N) is 1. The van der Waals surface area contributed by atoms with Crippen LogP contribution in [0.25, 0.3) is 0 Å². The Balaban J connectivity index is 2.23. The fraction of sp³-hybridized carbons (Fsp3) is 0.909. The van der Waals surface area contributed by atoms with E-state index in [1.165, 1.54) is 0 Å². The average Bonchev–Trinajstić information content (AvgIpc) is 2.85. The third-order valence-electron chi connectivity index (χ3n) is 4.04. The predicted molar refractivity (Wildman–Crippen MR) is 49.9 cm³/mol. The molecule has 2 nitrogen and oxygen atoms in total. The van der Waals surface area contributed by atoms with Crippen molar-refractivity contribution < 1.29 is 5.11 Å². The molecular formula is C11H17NO. The Morgan fingerprint density at radius 3 is 2.38 bits per heavy atom. The van der Waals surface area contributed by atoms with Gasteiger partial charge in [-0.2, -0.15) is 5.26 Å². The van der Waals surface area contributed by atoms with E-state index < -0.39 is 5.60 Å². The zero-order chi connectivity index (χ0) is 9.53. The summed E-state index contributed by atoms with van der Waals surface area (Å²) in [6.07, 6.45) is 5.91. The quantitative estimate of drug-likeness (QED) is 0.722. The lowest BCUT2D eigenvalue weighted by atomic mass is 9.57. The van der Waals surface area contributed by atoms with Gasteiger partial charge in [0.05, 0.1) is 17.1 Å². The van der Waals surface area contributed by atoms with Gasteiger partial charge in [-0.15, -0.1) is 0 Å². The van der Waals surface area contributed by atoms with E-state index in [9.17, 15) is 5.11 Å². The molecule has 2 heteroatoms. The molecule has 2 rings (SSSR count). The van der Waals surface area contributed by atoms with Crippen LogP contribution in [-0.4, -0.2) is 10.7 Å². The van der Waals surface area contributed by atoms with Crippen molar-refractivity contribution in [2.24, 2.45) is 11.3 Å². The first-order valence-electron chi connectivity index (χ1n) is 5.32. The molecule has 72 valence electrons. The number of hydrogen-bond acceptors (Lipinski definition) is 2. The van der Waals surface area contributed by atoms with Gasteiger partial charge in [-0.25, -0.2) is 0 Å². The highest BCUT2D eigenvalue weighted by Crippen LogP contribution is 2.58. The van der Waals surface area contributed by atoms with Gasteiger partial charge >= 0.3 is 0 Å². The van der Waals surface area contributed by atoms with Gasteiger partial charge in [0, 0.05) is 0 Å². The maximum absolute atomic E-state index is 10.5. The summed E-state index contributed by atoms with van der Waals surface area (Å²) >= 11 is 0. The summed E-state index contributed by atoms with van der Waals surface area (Å²) in [5, 5.41) is 19.7. The molecule has 0 aromatic carbocycles. The summed E-state index contributed by atoms with van der Waals surface area (Å²) in [6, 6.07) is 2.38. The Bertz CT molecular complexity index is 247. The minimum atomic E-state index is -0.667. The molecule has 1 unspecified atom stereocenters. The van der Waals surface area contributed by atoms with E-state index in [2.05, 4.69) is 6.07 Å². The van der Waals surface area contributed by atoms with E-state index in [0.717, 1.165) is 38.5 Å². The fourth-order valence-electron chi connectivity index (χ4n) is 2.75. The monoisotopic (exact) mass is 179 g/mol. The van der Waals surface area contributed by atoms with Crippen LogP contribution < -0.4 is 0 Å². The Kier molecular flexibility index (Phi) is 1.89. The standard InChI is InChI=1S/C11H17NO/c1-2-11(13,9-4-5-9)10(8-12)6-3-7-10/h9,13H,2-7H2,1H3. The molecule has 0 saturated heterocycles. The summed E-state index contributed by atoms with van der Waals surface area (Å²) in [5.74, 6) is 0.414. The highest BCUT2D eigenvalue weighted by Gasteiger charge is 2.59. The smallest absolute Gasteiger partial charge is 0.0862 e. The highest BCUT2D eigenvalue weighted by molar-refractivity contribution is 5.19. The number of hydrogen-bond donors (Lipinski definition) is 1. The minimum Gasteiger partial charge on any atom is -0.388 e. The summed E-state index contributed by atoms with van der Waals surface area (Å²) < 4.78 is 0. The van der Waals surface area contributed by atoms with Crippen molar-refractivity contribution in [3.8, 4) is 6.07 Å². The first kappa shape index (κ1) is 9.02. The topological polar surface area (TPSA) is 44.0 Å². The van der Waals surface area contributed by atoms with Crippen molar-refractivity contribution in [1.29, 1.82) is 5.26 Å². The molecule has 1 N–H and O–H groups in total. The number of aliphatic hydroxyl groups is 1. The minimum absolute atomic E-state index is 0.386.